The molecule has 138 valence electrons. The molecular formula is C22H17ClN4O. The van der Waals surface area contributed by atoms with Crippen molar-refractivity contribution in [2.45, 2.75) is 0 Å². The molecule has 0 saturated carbocycles. The molecule has 0 radical (unpaired) electrons. The van der Waals surface area contributed by atoms with Crippen molar-refractivity contribution < 1.29 is 4.79 Å². The van der Waals surface area contributed by atoms with E-state index in [0.717, 1.165) is 22.5 Å². The average molecular weight is 389 g/mol. The van der Waals surface area contributed by atoms with Gasteiger partial charge in [-0.1, -0.05) is 48.0 Å². The Bertz CT molecular complexity index is 1090. The van der Waals surface area contributed by atoms with Gasteiger partial charge in [0.25, 0.3) is 0 Å². The molecule has 3 aromatic carbocycles. The third-order valence-corrected chi connectivity index (χ3v) is 4.44. The quantitative estimate of drug-likeness (QED) is 0.461. The monoisotopic (exact) mass is 388 g/mol. The number of aromatic nitrogens is 2. The summed E-state index contributed by atoms with van der Waals surface area (Å²) in [5.74, 6) is 0. The number of benzene rings is 3. The number of para-hydroxylation sites is 2. The van der Waals surface area contributed by atoms with Crippen LogP contribution in [0.2, 0.25) is 5.02 Å². The van der Waals surface area contributed by atoms with E-state index in [9.17, 15) is 4.79 Å². The molecule has 0 saturated heterocycles. The van der Waals surface area contributed by atoms with Gasteiger partial charge in [0.2, 0.25) is 0 Å². The van der Waals surface area contributed by atoms with Crippen LogP contribution in [0.5, 0.6) is 0 Å². The molecule has 0 unspecified atom stereocenters. The molecule has 0 fully saturated rings. The molecule has 5 nitrogen and oxygen atoms in total. The van der Waals surface area contributed by atoms with Gasteiger partial charge in [0.05, 0.1) is 17.6 Å². The second kappa shape index (κ2) is 7.98. The number of carbonyl (C=O) groups is 1. The lowest BCUT2D eigenvalue weighted by Gasteiger charge is -2.11. The van der Waals surface area contributed by atoms with E-state index in [1.165, 1.54) is 0 Å². The van der Waals surface area contributed by atoms with Crippen LogP contribution in [0.3, 0.4) is 0 Å². The first-order chi connectivity index (χ1) is 13.7. The molecule has 6 heteroatoms. The van der Waals surface area contributed by atoms with Crippen LogP contribution in [0.4, 0.5) is 16.2 Å². The average Bonchev–Trinajstić information content (AvgIpc) is 3.19. The number of anilines is 2. The fraction of sp³-hybridized carbons (Fsp3) is 0. The number of amides is 2. The van der Waals surface area contributed by atoms with E-state index in [-0.39, 0.29) is 6.03 Å². The van der Waals surface area contributed by atoms with Gasteiger partial charge in [0.15, 0.2) is 0 Å². The van der Waals surface area contributed by atoms with E-state index in [4.69, 9.17) is 11.6 Å². The number of halogens is 1. The van der Waals surface area contributed by atoms with Crippen LogP contribution < -0.4 is 10.6 Å². The number of hydrogen-bond acceptors (Lipinski definition) is 2. The normalized spacial score (nSPS) is 10.5. The maximum atomic E-state index is 12.4. The van der Waals surface area contributed by atoms with E-state index in [1.807, 2.05) is 85.1 Å². The maximum absolute atomic E-state index is 12.4. The van der Waals surface area contributed by atoms with Crippen molar-refractivity contribution in [1.82, 2.24) is 9.78 Å². The zero-order valence-corrected chi connectivity index (χ0v) is 15.6. The predicted molar refractivity (Wildman–Crippen MR) is 113 cm³/mol. The fourth-order valence-electron chi connectivity index (χ4n) is 2.85. The molecule has 2 N–H and O–H groups in total. The van der Waals surface area contributed by atoms with E-state index in [0.29, 0.717) is 10.7 Å². The summed E-state index contributed by atoms with van der Waals surface area (Å²) in [7, 11) is 0. The Hall–Kier alpha value is -3.57. The zero-order valence-electron chi connectivity index (χ0n) is 14.8. The fourth-order valence-corrected chi connectivity index (χ4v) is 2.97. The lowest BCUT2D eigenvalue weighted by atomic mass is 10.1. The van der Waals surface area contributed by atoms with Crippen molar-refractivity contribution in [2.24, 2.45) is 0 Å². The van der Waals surface area contributed by atoms with Crippen molar-refractivity contribution in [2.75, 3.05) is 10.6 Å². The van der Waals surface area contributed by atoms with Gasteiger partial charge < -0.3 is 10.6 Å². The van der Waals surface area contributed by atoms with Gasteiger partial charge in [-0.15, -0.1) is 0 Å². The molecule has 2 amide bonds. The summed E-state index contributed by atoms with van der Waals surface area (Å²) in [6.07, 6.45) is 3.68. The second-order valence-corrected chi connectivity index (χ2v) is 6.58. The lowest BCUT2D eigenvalue weighted by molar-refractivity contribution is 0.262. The van der Waals surface area contributed by atoms with Gasteiger partial charge in [-0.05, 0) is 42.5 Å². The standard InChI is InChI=1S/C22H17ClN4O/c23-17-10-12-19(13-11-17)27-15-16(14-24-27)20-8-4-5-9-21(20)26-22(28)25-18-6-2-1-3-7-18/h1-15H,(H2,25,26,28). The summed E-state index contributed by atoms with van der Waals surface area (Å²) in [6.45, 7) is 0. The van der Waals surface area contributed by atoms with E-state index >= 15 is 0 Å². The van der Waals surface area contributed by atoms with Crippen LogP contribution in [-0.4, -0.2) is 15.8 Å². The highest BCUT2D eigenvalue weighted by Gasteiger charge is 2.11. The highest BCUT2D eigenvalue weighted by molar-refractivity contribution is 6.30. The van der Waals surface area contributed by atoms with Crippen LogP contribution in [0.15, 0.2) is 91.3 Å². The number of nitrogens with one attached hydrogen (secondary N) is 2. The number of urea groups is 1. The van der Waals surface area contributed by atoms with Gasteiger partial charge in [-0.25, -0.2) is 9.48 Å². The van der Waals surface area contributed by atoms with Gasteiger partial charge in [0, 0.05) is 28.0 Å². The summed E-state index contributed by atoms with van der Waals surface area (Å²) >= 11 is 5.95. The van der Waals surface area contributed by atoms with Crippen LogP contribution in [0.25, 0.3) is 16.8 Å². The van der Waals surface area contributed by atoms with Crippen LogP contribution in [-0.2, 0) is 0 Å². The number of hydrogen-bond donors (Lipinski definition) is 2. The molecule has 4 aromatic rings. The number of carbonyl (C=O) groups excluding carboxylic acids is 1. The molecule has 0 aliphatic carbocycles. The minimum absolute atomic E-state index is 0.302. The second-order valence-electron chi connectivity index (χ2n) is 6.14. The molecule has 28 heavy (non-hydrogen) atoms. The Kier molecular flexibility index (Phi) is 5.08. The third-order valence-electron chi connectivity index (χ3n) is 4.19. The molecule has 1 aromatic heterocycles. The Labute approximate surface area is 167 Å². The summed E-state index contributed by atoms with van der Waals surface area (Å²) in [5, 5.41) is 10.8. The zero-order chi connectivity index (χ0) is 19.3. The summed E-state index contributed by atoms with van der Waals surface area (Å²) in [4.78, 5) is 12.4. The Balaban J connectivity index is 1.56. The summed E-state index contributed by atoms with van der Waals surface area (Å²) in [5.41, 5.74) is 4.11. The van der Waals surface area contributed by atoms with Crippen molar-refractivity contribution >= 4 is 29.0 Å². The van der Waals surface area contributed by atoms with Crippen LogP contribution >= 0.6 is 11.6 Å². The number of nitrogens with zero attached hydrogens (tertiary/aromatic N) is 2. The highest BCUT2D eigenvalue weighted by atomic mass is 35.5. The summed E-state index contributed by atoms with van der Waals surface area (Å²) < 4.78 is 1.77. The highest BCUT2D eigenvalue weighted by Crippen LogP contribution is 2.28. The minimum atomic E-state index is -0.302. The Morgan fingerprint density at radius 1 is 0.857 bits per heavy atom. The molecular weight excluding hydrogens is 372 g/mol. The molecule has 0 bridgehead atoms. The van der Waals surface area contributed by atoms with Crippen molar-refractivity contribution in [1.29, 1.82) is 0 Å². The van der Waals surface area contributed by atoms with Crippen LogP contribution in [0.1, 0.15) is 0 Å². The topological polar surface area (TPSA) is 59.0 Å². The number of rotatable bonds is 4. The first-order valence-corrected chi connectivity index (χ1v) is 9.10. The largest absolute Gasteiger partial charge is 0.323 e. The smallest absolute Gasteiger partial charge is 0.308 e. The Morgan fingerprint density at radius 2 is 1.57 bits per heavy atom. The van der Waals surface area contributed by atoms with Gasteiger partial charge in [0.1, 0.15) is 0 Å². The van der Waals surface area contributed by atoms with E-state index < -0.39 is 0 Å². The lowest BCUT2D eigenvalue weighted by Crippen LogP contribution is -2.19. The Morgan fingerprint density at radius 3 is 2.36 bits per heavy atom. The SMILES string of the molecule is O=C(Nc1ccccc1)Nc1ccccc1-c1cnn(-c2ccc(Cl)cc2)c1. The molecule has 0 aliphatic rings. The van der Waals surface area contributed by atoms with Gasteiger partial charge in [-0.2, -0.15) is 5.10 Å². The molecule has 0 spiro atoms. The molecule has 4 rings (SSSR count). The molecule has 0 atom stereocenters. The van der Waals surface area contributed by atoms with Gasteiger partial charge >= 0.3 is 6.03 Å². The summed E-state index contributed by atoms with van der Waals surface area (Å²) in [6, 6.07) is 24.1. The van der Waals surface area contributed by atoms with Crippen LogP contribution in [0, 0.1) is 0 Å². The maximum Gasteiger partial charge on any atom is 0.323 e. The van der Waals surface area contributed by atoms with Crippen molar-refractivity contribution in [3.05, 3.63) is 96.3 Å². The van der Waals surface area contributed by atoms with Crippen molar-refractivity contribution in [3.8, 4) is 16.8 Å². The molecule has 1 heterocycles. The first kappa shape index (κ1) is 17.8. The minimum Gasteiger partial charge on any atom is -0.308 e. The van der Waals surface area contributed by atoms with E-state index in [1.54, 1.807) is 10.9 Å². The first-order valence-electron chi connectivity index (χ1n) is 8.72. The van der Waals surface area contributed by atoms with E-state index in [2.05, 4.69) is 15.7 Å². The predicted octanol–water partition coefficient (Wildman–Crippen LogP) is 5.84. The van der Waals surface area contributed by atoms with Crippen molar-refractivity contribution in [3.63, 3.8) is 0 Å². The third kappa shape index (κ3) is 4.05. The van der Waals surface area contributed by atoms with Gasteiger partial charge in [-0.3, -0.25) is 0 Å². The molecule has 0 aliphatic heterocycles.